The Balaban J connectivity index is 1.90. The zero-order chi connectivity index (χ0) is 11.6. The minimum absolute atomic E-state index is 0.218. The maximum atomic E-state index is 11.6. The van der Waals surface area contributed by atoms with Gasteiger partial charge in [0.05, 0.1) is 5.92 Å². The standard InChI is InChI=1S/C10H17NO4S/c12-10(9-5-2-1-3-6-9)15-16(13,14)11-7-4-8-11/h9H,1-8H2. The van der Waals surface area contributed by atoms with Gasteiger partial charge in [-0.2, -0.15) is 12.7 Å². The van der Waals surface area contributed by atoms with Crippen molar-refractivity contribution >= 4 is 16.3 Å². The molecule has 6 heteroatoms. The van der Waals surface area contributed by atoms with Gasteiger partial charge in [0, 0.05) is 13.1 Å². The lowest BCUT2D eigenvalue weighted by Crippen LogP contribution is -2.44. The first-order valence-corrected chi connectivity index (χ1v) is 7.19. The van der Waals surface area contributed by atoms with Crippen LogP contribution in [0.25, 0.3) is 0 Å². The summed E-state index contributed by atoms with van der Waals surface area (Å²) in [6.45, 7) is 0.945. The number of hydrogen-bond donors (Lipinski definition) is 0. The monoisotopic (exact) mass is 247 g/mol. The maximum absolute atomic E-state index is 11.6. The van der Waals surface area contributed by atoms with Gasteiger partial charge >= 0.3 is 16.3 Å². The highest BCUT2D eigenvalue weighted by Crippen LogP contribution is 2.26. The second-order valence-electron chi connectivity index (χ2n) is 4.45. The van der Waals surface area contributed by atoms with E-state index in [0.29, 0.717) is 13.1 Å². The minimum atomic E-state index is -3.79. The molecule has 5 nitrogen and oxygen atoms in total. The van der Waals surface area contributed by atoms with E-state index in [1.807, 2.05) is 0 Å². The van der Waals surface area contributed by atoms with Gasteiger partial charge in [0.15, 0.2) is 0 Å². The molecule has 0 atom stereocenters. The molecule has 1 saturated carbocycles. The van der Waals surface area contributed by atoms with Crippen LogP contribution < -0.4 is 0 Å². The first kappa shape index (κ1) is 11.9. The Morgan fingerprint density at radius 3 is 2.19 bits per heavy atom. The van der Waals surface area contributed by atoms with E-state index in [0.717, 1.165) is 38.5 Å². The Bertz CT molecular complexity index is 355. The second-order valence-corrected chi connectivity index (χ2v) is 5.99. The molecule has 0 aromatic rings. The van der Waals surface area contributed by atoms with Gasteiger partial charge in [0.25, 0.3) is 0 Å². The summed E-state index contributed by atoms with van der Waals surface area (Å²) in [6.07, 6.45) is 5.47. The van der Waals surface area contributed by atoms with Crippen LogP contribution in [0.3, 0.4) is 0 Å². The van der Waals surface area contributed by atoms with Gasteiger partial charge in [-0.3, -0.25) is 4.79 Å². The predicted octanol–water partition coefficient (Wildman–Crippen LogP) is 1.06. The van der Waals surface area contributed by atoms with E-state index in [-0.39, 0.29) is 5.92 Å². The van der Waals surface area contributed by atoms with Gasteiger partial charge in [-0.05, 0) is 19.3 Å². The molecule has 1 heterocycles. The van der Waals surface area contributed by atoms with Crippen molar-refractivity contribution in [3.05, 3.63) is 0 Å². The molecule has 92 valence electrons. The summed E-state index contributed by atoms with van der Waals surface area (Å²) < 4.78 is 28.9. The molecule has 0 amide bonds. The molecule has 2 fully saturated rings. The van der Waals surface area contributed by atoms with Crippen LogP contribution in [0, 0.1) is 5.92 Å². The van der Waals surface area contributed by atoms with Gasteiger partial charge in [-0.15, -0.1) is 0 Å². The molecule has 2 rings (SSSR count). The average Bonchev–Trinajstić information content (AvgIpc) is 2.14. The van der Waals surface area contributed by atoms with Crippen molar-refractivity contribution in [2.45, 2.75) is 38.5 Å². The summed E-state index contributed by atoms with van der Waals surface area (Å²) in [5.41, 5.74) is 0. The fourth-order valence-corrected chi connectivity index (χ4v) is 3.23. The van der Waals surface area contributed by atoms with Crippen LogP contribution in [-0.2, 0) is 19.3 Å². The SMILES string of the molecule is O=C(OS(=O)(=O)N1CCC1)C1CCCCC1. The summed E-state index contributed by atoms with van der Waals surface area (Å²) >= 11 is 0. The molecule has 0 radical (unpaired) electrons. The molecule has 0 N–H and O–H groups in total. The molecule has 16 heavy (non-hydrogen) atoms. The molecule has 1 aliphatic heterocycles. The van der Waals surface area contributed by atoms with Crippen molar-refractivity contribution in [3.8, 4) is 0 Å². The minimum Gasteiger partial charge on any atom is -0.334 e. The lowest BCUT2D eigenvalue weighted by Gasteiger charge is -2.29. The average molecular weight is 247 g/mol. The number of rotatable bonds is 3. The first-order valence-electron chi connectivity index (χ1n) is 5.83. The summed E-state index contributed by atoms with van der Waals surface area (Å²) in [4.78, 5) is 11.6. The van der Waals surface area contributed by atoms with Crippen LogP contribution in [0.1, 0.15) is 38.5 Å². The zero-order valence-electron chi connectivity index (χ0n) is 9.22. The molecule has 1 aliphatic carbocycles. The first-order chi connectivity index (χ1) is 7.59. The lowest BCUT2D eigenvalue weighted by molar-refractivity contribution is -0.139. The van der Waals surface area contributed by atoms with Gasteiger partial charge < -0.3 is 4.18 Å². The van der Waals surface area contributed by atoms with E-state index in [1.165, 1.54) is 4.31 Å². The van der Waals surface area contributed by atoms with Crippen LogP contribution in [0.5, 0.6) is 0 Å². The normalized spacial score (nSPS) is 23.8. The predicted molar refractivity (Wildman–Crippen MR) is 57.8 cm³/mol. The third kappa shape index (κ3) is 2.55. The van der Waals surface area contributed by atoms with Crippen molar-refractivity contribution in [2.24, 2.45) is 5.92 Å². The fraction of sp³-hybridized carbons (Fsp3) is 0.900. The van der Waals surface area contributed by atoms with Crippen molar-refractivity contribution < 1.29 is 17.4 Å². The van der Waals surface area contributed by atoms with Gasteiger partial charge in [-0.25, -0.2) is 0 Å². The Labute approximate surface area is 96.0 Å². The van der Waals surface area contributed by atoms with Crippen LogP contribution >= 0.6 is 0 Å². The number of nitrogens with zero attached hydrogens (tertiary/aromatic N) is 1. The van der Waals surface area contributed by atoms with Crippen LogP contribution in [0.4, 0.5) is 0 Å². The molecular formula is C10H17NO4S. The van der Waals surface area contributed by atoms with Crippen LogP contribution in [0.15, 0.2) is 0 Å². The van der Waals surface area contributed by atoms with E-state index >= 15 is 0 Å². The molecule has 0 aromatic heterocycles. The lowest BCUT2D eigenvalue weighted by atomic mass is 9.90. The molecule has 0 spiro atoms. The molecule has 1 saturated heterocycles. The van der Waals surface area contributed by atoms with Crippen molar-refractivity contribution in [1.29, 1.82) is 0 Å². The zero-order valence-corrected chi connectivity index (χ0v) is 10.0. The van der Waals surface area contributed by atoms with Crippen LogP contribution in [0.2, 0.25) is 0 Å². The summed E-state index contributed by atoms with van der Waals surface area (Å²) in [6, 6.07) is 0. The third-order valence-corrected chi connectivity index (χ3v) is 4.63. The smallest absolute Gasteiger partial charge is 0.334 e. The molecule has 0 unspecified atom stereocenters. The molecule has 0 aromatic carbocycles. The molecule has 0 bridgehead atoms. The number of carbonyl (C=O) groups is 1. The van der Waals surface area contributed by atoms with Crippen molar-refractivity contribution in [3.63, 3.8) is 0 Å². The Morgan fingerprint density at radius 2 is 1.69 bits per heavy atom. The fourth-order valence-electron chi connectivity index (χ4n) is 2.07. The van der Waals surface area contributed by atoms with Gasteiger partial charge in [-0.1, -0.05) is 19.3 Å². The highest BCUT2D eigenvalue weighted by Gasteiger charge is 2.34. The highest BCUT2D eigenvalue weighted by atomic mass is 32.2. The van der Waals surface area contributed by atoms with E-state index in [9.17, 15) is 13.2 Å². The summed E-state index contributed by atoms with van der Waals surface area (Å²) in [5.74, 6) is -0.781. The number of hydrogen-bond acceptors (Lipinski definition) is 4. The van der Waals surface area contributed by atoms with Crippen LogP contribution in [-0.4, -0.2) is 31.8 Å². The Morgan fingerprint density at radius 1 is 1.06 bits per heavy atom. The Hall–Kier alpha value is -0.620. The quantitative estimate of drug-likeness (QED) is 0.748. The molecule has 2 aliphatic rings. The largest absolute Gasteiger partial charge is 0.387 e. The van der Waals surface area contributed by atoms with Gasteiger partial charge in [0.1, 0.15) is 0 Å². The Kier molecular flexibility index (Phi) is 3.49. The van der Waals surface area contributed by atoms with E-state index in [2.05, 4.69) is 4.18 Å². The number of carbonyl (C=O) groups excluding carboxylic acids is 1. The van der Waals surface area contributed by atoms with Crippen molar-refractivity contribution in [2.75, 3.05) is 13.1 Å². The maximum Gasteiger partial charge on any atom is 0.387 e. The second kappa shape index (κ2) is 4.71. The summed E-state index contributed by atoms with van der Waals surface area (Å²) in [7, 11) is -3.79. The highest BCUT2D eigenvalue weighted by molar-refractivity contribution is 7.84. The van der Waals surface area contributed by atoms with E-state index in [1.54, 1.807) is 0 Å². The molecular weight excluding hydrogens is 230 g/mol. The topological polar surface area (TPSA) is 63.7 Å². The van der Waals surface area contributed by atoms with E-state index < -0.39 is 16.3 Å². The third-order valence-electron chi connectivity index (χ3n) is 3.26. The van der Waals surface area contributed by atoms with Gasteiger partial charge in [0.2, 0.25) is 0 Å². The van der Waals surface area contributed by atoms with E-state index in [4.69, 9.17) is 0 Å². The van der Waals surface area contributed by atoms with Crippen molar-refractivity contribution in [1.82, 2.24) is 4.31 Å². The summed E-state index contributed by atoms with van der Waals surface area (Å²) in [5, 5.41) is 0.